The van der Waals surface area contributed by atoms with Gasteiger partial charge in [-0.25, -0.2) is 4.98 Å². The Balaban J connectivity index is 1.17. The first-order valence-electron chi connectivity index (χ1n) is 13.2. The van der Waals surface area contributed by atoms with Crippen LogP contribution in [0.25, 0.3) is 0 Å². The topological polar surface area (TPSA) is 79.5 Å². The van der Waals surface area contributed by atoms with Crippen molar-refractivity contribution >= 4 is 5.91 Å². The van der Waals surface area contributed by atoms with Crippen LogP contribution in [0.5, 0.6) is 0 Å². The molecule has 4 rings (SSSR count). The smallest absolute Gasteiger partial charge is 0.275 e. The van der Waals surface area contributed by atoms with Crippen LogP contribution in [0.1, 0.15) is 35.8 Å². The second kappa shape index (κ2) is 12.8. The second-order valence-electron chi connectivity index (χ2n) is 10.4. The number of benzene rings is 1. The number of aromatic nitrogens is 1. The number of rotatable bonds is 10. The normalized spacial score (nSPS) is 19.3. The summed E-state index contributed by atoms with van der Waals surface area (Å²) < 4.78 is 5.67. The van der Waals surface area contributed by atoms with Crippen LogP contribution in [-0.2, 0) is 13.1 Å². The van der Waals surface area contributed by atoms with Crippen LogP contribution in [-0.4, -0.2) is 125 Å². The van der Waals surface area contributed by atoms with Crippen LogP contribution in [0.2, 0.25) is 0 Å². The predicted molar refractivity (Wildman–Crippen MR) is 140 cm³/mol. The maximum absolute atomic E-state index is 13.0. The molecule has 0 bridgehead atoms. The minimum Gasteiger partial charge on any atom is -0.447 e. The molecule has 36 heavy (non-hydrogen) atoms. The minimum atomic E-state index is -0.343. The van der Waals surface area contributed by atoms with Crippen LogP contribution in [0.3, 0.4) is 0 Å². The van der Waals surface area contributed by atoms with E-state index in [0.717, 1.165) is 45.8 Å². The summed E-state index contributed by atoms with van der Waals surface area (Å²) in [5, 5.41) is 10.4. The van der Waals surface area contributed by atoms with Crippen LogP contribution >= 0.6 is 0 Å². The number of oxazole rings is 1. The van der Waals surface area contributed by atoms with E-state index in [1.807, 2.05) is 18.0 Å². The first-order chi connectivity index (χ1) is 17.4. The Morgan fingerprint density at radius 3 is 2.25 bits per heavy atom. The lowest BCUT2D eigenvalue weighted by atomic mass is 10.2. The molecule has 1 aromatic heterocycles. The molecule has 198 valence electrons. The maximum atomic E-state index is 13.0. The van der Waals surface area contributed by atoms with Gasteiger partial charge in [-0.2, -0.15) is 0 Å². The average molecular weight is 499 g/mol. The van der Waals surface area contributed by atoms with E-state index in [9.17, 15) is 9.90 Å². The Labute approximate surface area is 215 Å². The molecule has 1 amide bonds. The number of amides is 1. The van der Waals surface area contributed by atoms with Gasteiger partial charge in [-0.1, -0.05) is 30.3 Å². The minimum absolute atomic E-state index is 0.0467. The number of carbonyl (C=O) groups excluding carboxylic acids is 1. The molecule has 9 heteroatoms. The molecule has 2 aliphatic rings. The molecule has 2 aliphatic heterocycles. The molecule has 1 N–H and O–H groups in total. The van der Waals surface area contributed by atoms with Crippen molar-refractivity contribution in [3.8, 4) is 0 Å². The summed E-state index contributed by atoms with van der Waals surface area (Å²) in [5.74, 6) is 0.544. The fourth-order valence-electron chi connectivity index (χ4n) is 4.81. The van der Waals surface area contributed by atoms with Crippen molar-refractivity contribution in [2.45, 2.75) is 39.1 Å². The van der Waals surface area contributed by atoms with Gasteiger partial charge in [-0.3, -0.25) is 19.5 Å². The summed E-state index contributed by atoms with van der Waals surface area (Å²) in [6, 6.07) is 10.9. The molecule has 2 aromatic rings. The van der Waals surface area contributed by atoms with E-state index in [1.165, 1.54) is 11.8 Å². The van der Waals surface area contributed by atoms with E-state index >= 15 is 0 Å². The number of piperazine rings is 2. The number of aliphatic hydroxyl groups is 1. The van der Waals surface area contributed by atoms with Crippen LogP contribution < -0.4 is 0 Å². The highest BCUT2D eigenvalue weighted by Crippen LogP contribution is 2.14. The number of carbonyl (C=O) groups is 1. The molecule has 9 nitrogen and oxygen atoms in total. The molecule has 0 radical (unpaired) electrons. The molecule has 0 saturated carbocycles. The molecule has 0 aliphatic carbocycles. The van der Waals surface area contributed by atoms with Crippen molar-refractivity contribution < 1.29 is 14.3 Å². The van der Waals surface area contributed by atoms with E-state index in [0.29, 0.717) is 50.4 Å². The third-order valence-electron chi connectivity index (χ3n) is 7.35. The monoisotopic (exact) mass is 498 g/mol. The highest BCUT2D eigenvalue weighted by Gasteiger charge is 2.26. The van der Waals surface area contributed by atoms with Crippen molar-refractivity contribution in [3.05, 3.63) is 53.7 Å². The van der Waals surface area contributed by atoms with Crippen LogP contribution in [0.4, 0.5) is 0 Å². The number of hydrogen-bond acceptors (Lipinski definition) is 8. The highest BCUT2D eigenvalue weighted by molar-refractivity contribution is 5.92. The van der Waals surface area contributed by atoms with Crippen molar-refractivity contribution in [2.24, 2.45) is 0 Å². The van der Waals surface area contributed by atoms with Crippen molar-refractivity contribution in [1.82, 2.24) is 29.5 Å². The number of likely N-dealkylation sites (N-methyl/N-ethyl adjacent to an activating group) is 1. The van der Waals surface area contributed by atoms with Gasteiger partial charge in [0.2, 0.25) is 5.89 Å². The molecule has 0 spiro atoms. The van der Waals surface area contributed by atoms with Crippen molar-refractivity contribution in [2.75, 3.05) is 72.5 Å². The third-order valence-corrected chi connectivity index (χ3v) is 7.35. The van der Waals surface area contributed by atoms with Gasteiger partial charge < -0.3 is 19.3 Å². The Bertz CT molecular complexity index is 936. The summed E-state index contributed by atoms with van der Waals surface area (Å²) in [6.07, 6.45) is 1.16. The van der Waals surface area contributed by atoms with E-state index in [4.69, 9.17) is 4.42 Å². The summed E-state index contributed by atoms with van der Waals surface area (Å²) >= 11 is 0. The Hall–Kier alpha value is -2.30. The van der Waals surface area contributed by atoms with E-state index in [-0.39, 0.29) is 12.0 Å². The zero-order valence-electron chi connectivity index (χ0n) is 22.1. The van der Waals surface area contributed by atoms with Crippen LogP contribution in [0.15, 0.2) is 41.0 Å². The van der Waals surface area contributed by atoms with Crippen molar-refractivity contribution in [1.29, 1.82) is 0 Å². The molecule has 2 fully saturated rings. The quantitative estimate of drug-likeness (QED) is 0.528. The average Bonchev–Trinajstić information content (AvgIpc) is 3.34. The van der Waals surface area contributed by atoms with Gasteiger partial charge in [0.1, 0.15) is 6.26 Å². The molecule has 3 heterocycles. The first kappa shape index (κ1) is 26.8. The Morgan fingerprint density at radius 2 is 1.58 bits per heavy atom. The highest BCUT2D eigenvalue weighted by atomic mass is 16.3. The molecular weight excluding hydrogens is 456 g/mol. The summed E-state index contributed by atoms with van der Waals surface area (Å²) in [4.78, 5) is 28.5. The van der Waals surface area contributed by atoms with Gasteiger partial charge in [0, 0.05) is 78.0 Å². The molecular formula is C27H42N6O3. The predicted octanol–water partition coefficient (Wildman–Crippen LogP) is 1.45. The SMILES string of the molecule is CC(C)N(C)CC(O)CN1CCN(Cc2nc(C(=O)N3CCN(Cc4ccccc4)CC3)co2)CC1. The van der Waals surface area contributed by atoms with Crippen LogP contribution in [0, 0.1) is 0 Å². The lowest BCUT2D eigenvalue weighted by Gasteiger charge is -2.35. The lowest BCUT2D eigenvalue weighted by molar-refractivity contribution is 0.0469. The fourth-order valence-corrected chi connectivity index (χ4v) is 4.81. The van der Waals surface area contributed by atoms with Gasteiger partial charge in [0.25, 0.3) is 5.91 Å². The number of β-amino-alcohol motifs (C(OH)–C–C–N with tert-alkyl or cyclic N) is 1. The van der Waals surface area contributed by atoms with E-state index < -0.39 is 0 Å². The Kier molecular flexibility index (Phi) is 9.50. The van der Waals surface area contributed by atoms with Gasteiger partial charge in [0.05, 0.1) is 12.6 Å². The maximum Gasteiger partial charge on any atom is 0.275 e. The molecule has 1 atom stereocenters. The third kappa shape index (κ3) is 7.60. The molecule has 1 aromatic carbocycles. The van der Waals surface area contributed by atoms with Gasteiger partial charge in [-0.05, 0) is 26.5 Å². The zero-order chi connectivity index (χ0) is 25.5. The van der Waals surface area contributed by atoms with Gasteiger partial charge >= 0.3 is 0 Å². The number of nitrogens with zero attached hydrogens (tertiary/aromatic N) is 6. The van der Waals surface area contributed by atoms with E-state index in [1.54, 1.807) is 0 Å². The van der Waals surface area contributed by atoms with Gasteiger partial charge in [0.15, 0.2) is 5.69 Å². The zero-order valence-corrected chi connectivity index (χ0v) is 22.1. The summed E-state index contributed by atoms with van der Waals surface area (Å²) in [5.41, 5.74) is 1.70. The summed E-state index contributed by atoms with van der Waals surface area (Å²) in [6.45, 7) is 13.9. The number of hydrogen-bond donors (Lipinski definition) is 1. The summed E-state index contributed by atoms with van der Waals surface area (Å²) in [7, 11) is 2.05. The number of aliphatic hydroxyl groups excluding tert-OH is 1. The molecule has 2 saturated heterocycles. The standard InChI is InChI=1S/C27H42N6O3/c1-22(2)29(3)18-24(34)19-31-9-11-32(12-10-31)20-26-28-25(21-36-26)27(35)33-15-13-30(14-16-33)17-23-7-5-4-6-8-23/h4-8,21-22,24,34H,9-20H2,1-3H3. The second-order valence-corrected chi connectivity index (χ2v) is 10.4. The van der Waals surface area contributed by atoms with E-state index in [2.05, 4.69) is 62.7 Å². The first-order valence-corrected chi connectivity index (χ1v) is 13.2. The van der Waals surface area contributed by atoms with Crippen molar-refractivity contribution in [3.63, 3.8) is 0 Å². The largest absolute Gasteiger partial charge is 0.447 e. The van der Waals surface area contributed by atoms with Gasteiger partial charge in [-0.15, -0.1) is 0 Å². The molecule has 1 unspecified atom stereocenters. The Morgan fingerprint density at radius 1 is 0.972 bits per heavy atom. The fraction of sp³-hybridized carbons (Fsp3) is 0.630. The lowest BCUT2D eigenvalue weighted by Crippen LogP contribution is -2.49.